The molecule has 0 bridgehead atoms. The zero-order valence-corrected chi connectivity index (χ0v) is 10.1. The molecule has 86 valence electrons. The summed E-state index contributed by atoms with van der Waals surface area (Å²) in [5.41, 5.74) is 2.72. The van der Waals surface area contributed by atoms with Gasteiger partial charge in [0, 0.05) is 5.92 Å². The zero-order valence-electron chi connectivity index (χ0n) is 10.1. The van der Waals surface area contributed by atoms with Crippen LogP contribution in [0.4, 0.5) is 0 Å². The molecule has 16 heavy (non-hydrogen) atoms. The lowest BCUT2D eigenvalue weighted by atomic mass is 9.84. The Balaban J connectivity index is 2.32. The quantitative estimate of drug-likeness (QED) is 0.712. The summed E-state index contributed by atoms with van der Waals surface area (Å²) >= 11 is 0. The van der Waals surface area contributed by atoms with Gasteiger partial charge in [0.05, 0.1) is 6.10 Å². The maximum Gasteiger partial charge on any atom is 0.0577 e. The first-order chi connectivity index (χ1) is 7.68. The normalized spacial score (nSPS) is 30.7. The first-order valence-electron chi connectivity index (χ1n) is 6.09. The van der Waals surface area contributed by atoms with Crippen molar-refractivity contribution in [2.45, 2.75) is 38.7 Å². The topological polar surface area (TPSA) is 20.2 Å². The molecule has 0 spiro atoms. The van der Waals surface area contributed by atoms with Gasteiger partial charge in [0.15, 0.2) is 0 Å². The lowest BCUT2D eigenvalue weighted by molar-refractivity contribution is 0.104. The minimum Gasteiger partial charge on any atom is -0.393 e. The number of rotatable bonds is 1. The summed E-state index contributed by atoms with van der Waals surface area (Å²) in [5.74, 6) is 0.665. The Morgan fingerprint density at radius 3 is 2.56 bits per heavy atom. The van der Waals surface area contributed by atoms with Crippen molar-refractivity contribution >= 4 is 0 Å². The number of hydrogen-bond acceptors (Lipinski definition) is 1. The molecule has 0 aliphatic heterocycles. The summed E-state index contributed by atoms with van der Waals surface area (Å²) in [4.78, 5) is 0. The van der Waals surface area contributed by atoms with Crippen LogP contribution in [0.3, 0.4) is 0 Å². The van der Waals surface area contributed by atoms with Crippen molar-refractivity contribution in [2.75, 3.05) is 0 Å². The number of hydrogen-bond donors (Lipinski definition) is 1. The monoisotopic (exact) mass is 216 g/mol. The highest BCUT2D eigenvalue weighted by Crippen LogP contribution is 2.34. The van der Waals surface area contributed by atoms with Crippen LogP contribution >= 0.6 is 0 Å². The molecule has 1 N–H and O–H groups in total. The van der Waals surface area contributed by atoms with Crippen LogP contribution in [-0.2, 0) is 0 Å². The second kappa shape index (κ2) is 4.84. The van der Waals surface area contributed by atoms with Crippen LogP contribution in [0.5, 0.6) is 0 Å². The van der Waals surface area contributed by atoms with Crippen LogP contribution in [0.15, 0.2) is 42.0 Å². The number of aliphatic hydroxyl groups excluding tert-OH is 1. The van der Waals surface area contributed by atoms with Crippen LogP contribution in [0.2, 0.25) is 0 Å². The molecule has 0 fully saturated rings. The molecular weight excluding hydrogens is 196 g/mol. The van der Waals surface area contributed by atoms with Crippen LogP contribution in [0, 0.1) is 5.92 Å². The van der Waals surface area contributed by atoms with E-state index in [-0.39, 0.29) is 6.10 Å². The predicted molar refractivity (Wildman–Crippen MR) is 67.3 cm³/mol. The number of aliphatic hydroxyl groups is 1. The fourth-order valence-electron chi connectivity index (χ4n) is 2.49. The molecule has 1 aromatic rings. The summed E-state index contributed by atoms with van der Waals surface area (Å²) in [6.07, 6.45) is 4.07. The van der Waals surface area contributed by atoms with Gasteiger partial charge >= 0.3 is 0 Å². The Bertz CT molecular complexity index is 366. The lowest BCUT2D eigenvalue weighted by Crippen LogP contribution is -2.21. The Hall–Kier alpha value is -1.08. The van der Waals surface area contributed by atoms with E-state index in [1.165, 1.54) is 11.1 Å². The first-order valence-corrected chi connectivity index (χ1v) is 6.09. The molecule has 0 radical (unpaired) electrons. The smallest absolute Gasteiger partial charge is 0.0577 e. The van der Waals surface area contributed by atoms with Crippen molar-refractivity contribution in [3.8, 4) is 0 Å². The van der Waals surface area contributed by atoms with Crippen LogP contribution in [0.25, 0.3) is 0 Å². The third-order valence-electron chi connectivity index (χ3n) is 3.66. The lowest BCUT2D eigenvalue weighted by Gasteiger charge is -2.24. The van der Waals surface area contributed by atoms with Crippen molar-refractivity contribution in [3.05, 3.63) is 47.5 Å². The molecule has 1 heteroatoms. The van der Waals surface area contributed by atoms with Gasteiger partial charge in [-0.25, -0.2) is 0 Å². The van der Waals surface area contributed by atoms with Gasteiger partial charge < -0.3 is 5.11 Å². The third kappa shape index (κ3) is 2.35. The summed E-state index contributed by atoms with van der Waals surface area (Å²) in [5, 5.41) is 10.1. The Kier molecular flexibility index (Phi) is 3.45. The molecule has 1 aromatic carbocycles. The van der Waals surface area contributed by atoms with Gasteiger partial charge in [-0.05, 0) is 31.2 Å². The van der Waals surface area contributed by atoms with E-state index < -0.39 is 0 Å². The second-order valence-electron chi connectivity index (χ2n) is 4.91. The third-order valence-corrected chi connectivity index (χ3v) is 3.66. The minimum atomic E-state index is -0.182. The van der Waals surface area contributed by atoms with Gasteiger partial charge in [0.1, 0.15) is 0 Å². The average Bonchev–Trinajstić information content (AvgIpc) is 2.44. The largest absolute Gasteiger partial charge is 0.393 e. The fourth-order valence-corrected chi connectivity index (χ4v) is 2.49. The number of allylic oxidation sites excluding steroid dienone is 2. The molecule has 1 aliphatic rings. The van der Waals surface area contributed by atoms with Crippen molar-refractivity contribution in [1.82, 2.24) is 0 Å². The Labute approximate surface area is 97.8 Å². The van der Waals surface area contributed by atoms with Gasteiger partial charge in [-0.3, -0.25) is 0 Å². The van der Waals surface area contributed by atoms with E-state index in [9.17, 15) is 5.11 Å². The summed E-state index contributed by atoms with van der Waals surface area (Å²) in [6, 6.07) is 10.5. The molecule has 1 nitrogen and oxygen atoms in total. The highest BCUT2D eigenvalue weighted by molar-refractivity contribution is 5.27. The molecule has 1 aliphatic carbocycles. The van der Waals surface area contributed by atoms with E-state index in [1.807, 2.05) is 6.07 Å². The van der Waals surface area contributed by atoms with E-state index in [1.54, 1.807) is 0 Å². The maximum atomic E-state index is 10.1. The molecule has 0 amide bonds. The van der Waals surface area contributed by atoms with E-state index in [4.69, 9.17) is 0 Å². The minimum absolute atomic E-state index is 0.182. The first kappa shape index (κ1) is 11.4. The van der Waals surface area contributed by atoms with Gasteiger partial charge in [-0.2, -0.15) is 0 Å². The van der Waals surface area contributed by atoms with Crippen molar-refractivity contribution in [1.29, 1.82) is 0 Å². The standard InChI is InChI=1S/C15H20O/c1-11-8-9-15(16)12(2)14(10-11)13-6-4-3-5-7-13/h3-7,10,12,14-16H,8-9H2,1-2H3. The molecule has 2 rings (SSSR count). The van der Waals surface area contributed by atoms with Gasteiger partial charge in [0.25, 0.3) is 0 Å². The van der Waals surface area contributed by atoms with Gasteiger partial charge in [0.2, 0.25) is 0 Å². The van der Waals surface area contributed by atoms with Crippen LogP contribution in [0.1, 0.15) is 38.2 Å². The Morgan fingerprint density at radius 1 is 1.19 bits per heavy atom. The molecular formula is C15H20O. The van der Waals surface area contributed by atoms with Crippen LogP contribution in [-0.4, -0.2) is 11.2 Å². The molecule has 0 aromatic heterocycles. The average molecular weight is 216 g/mol. The second-order valence-corrected chi connectivity index (χ2v) is 4.91. The van der Waals surface area contributed by atoms with Crippen LogP contribution < -0.4 is 0 Å². The zero-order chi connectivity index (χ0) is 11.5. The van der Waals surface area contributed by atoms with Crippen molar-refractivity contribution < 1.29 is 5.11 Å². The maximum absolute atomic E-state index is 10.1. The SMILES string of the molecule is CC1=CC(c2ccccc2)C(C)C(O)CC1. The number of benzene rings is 1. The molecule has 3 atom stereocenters. The highest BCUT2D eigenvalue weighted by atomic mass is 16.3. The van der Waals surface area contributed by atoms with E-state index in [0.29, 0.717) is 11.8 Å². The predicted octanol–water partition coefficient (Wildman–Crippen LogP) is 3.51. The highest BCUT2D eigenvalue weighted by Gasteiger charge is 2.26. The summed E-state index contributed by atoms with van der Waals surface area (Å²) in [6.45, 7) is 4.32. The molecule has 3 unspecified atom stereocenters. The Morgan fingerprint density at radius 2 is 1.88 bits per heavy atom. The van der Waals surface area contributed by atoms with Gasteiger partial charge in [-0.1, -0.05) is 48.9 Å². The fraction of sp³-hybridized carbons (Fsp3) is 0.467. The summed E-state index contributed by atoms with van der Waals surface area (Å²) < 4.78 is 0. The molecule has 0 saturated carbocycles. The molecule has 0 heterocycles. The van der Waals surface area contributed by atoms with E-state index in [2.05, 4.69) is 44.2 Å². The van der Waals surface area contributed by atoms with E-state index in [0.717, 1.165) is 12.8 Å². The van der Waals surface area contributed by atoms with Gasteiger partial charge in [-0.15, -0.1) is 0 Å². The van der Waals surface area contributed by atoms with Crippen molar-refractivity contribution in [2.24, 2.45) is 5.92 Å². The summed E-state index contributed by atoms with van der Waals surface area (Å²) in [7, 11) is 0. The van der Waals surface area contributed by atoms with E-state index >= 15 is 0 Å². The molecule has 0 saturated heterocycles. The van der Waals surface area contributed by atoms with Crippen molar-refractivity contribution in [3.63, 3.8) is 0 Å².